The average molecular weight is 360 g/mol. The highest BCUT2D eigenvalue weighted by Crippen LogP contribution is 2.24. The van der Waals surface area contributed by atoms with Crippen molar-refractivity contribution in [1.29, 1.82) is 0 Å². The maximum atomic E-state index is 12.2. The summed E-state index contributed by atoms with van der Waals surface area (Å²) in [6, 6.07) is 7.59. The summed E-state index contributed by atoms with van der Waals surface area (Å²) in [5.74, 6) is 0.557. The highest BCUT2D eigenvalue weighted by Gasteiger charge is 2.12. The quantitative estimate of drug-likeness (QED) is 0.685. The molecule has 2 aromatic heterocycles. The highest BCUT2D eigenvalue weighted by atomic mass is 32.1. The molecule has 8 heteroatoms. The first-order chi connectivity index (χ1) is 11.6. The lowest BCUT2D eigenvalue weighted by molar-refractivity contribution is 0.102. The number of thiazole rings is 2. The Morgan fingerprint density at radius 2 is 2.04 bits per heavy atom. The van der Waals surface area contributed by atoms with E-state index < -0.39 is 0 Å². The molecule has 0 aliphatic rings. The molecule has 0 saturated heterocycles. The third-order valence-corrected chi connectivity index (χ3v) is 4.58. The minimum absolute atomic E-state index is 0.264. The molecule has 2 heterocycles. The summed E-state index contributed by atoms with van der Waals surface area (Å²) in [5.41, 5.74) is 1.25. The molecule has 0 spiro atoms. The van der Waals surface area contributed by atoms with E-state index in [4.69, 9.17) is 4.74 Å². The van der Waals surface area contributed by atoms with Crippen molar-refractivity contribution in [2.24, 2.45) is 0 Å². The summed E-state index contributed by atoms with van der Waals surface area (Å²) in [7, 11) is 0. The Balaban J connectivity index is 1.63. The summed E-state index contributed by atoms with van der Waals surface area (Å²) in [5, 5.41) is 8.86. The van der Waals surface area contributed by atoms with Gasteiger partial charge in [0.1, 0.15) is 11.4 Å². The van der Waals surface area contributed by atoms with Crippen LogP contribution in [-0.4, -0.2) is 22.5 Å². The fourth-order valence-corrected chi connectivity index (χ4v) is 3.30. The number of ether oxygens (including phenoxy) is 1. The van der Waals surface area contributed by atoms with Gasteiger partial charge in [-0.05, 0) is 38.1 Å². The largest absolute Gasteiger partial charge is 0.494 e. The van der Waals surface area contributed by atoms with E-state index >= 15 is 0 Å². The highest BCUT2D eigenvalue weighted by molar-refractivity contribution is 7.15. The van der Waals surface area contributed by atoms with Gasteiger partial charge >= 0.3 is 0 Å². The van der Waals surface area contributed by atoms with Gasteiger partial charge in [-0.15, -0.1) is 22.7 Å². The Kier molecular flexibility index (Phi) is 5.07. The van der Waals surface area contributed by atoms with Gasteiger partial charge in [-0.25, -0.2) is 9.97 Å². The average Bonchev–Trinajstić information content (AvgIpc) is 3.19. The zero-order valence-electron chi connectivity index (χ0n) is 13.2. The second kappa shape index (κ2) is 7.41. The number of anilines is 3. The van der Waals surface area contributed by atoms with E-state index in [9.17, 15) is 4.79 Å². The second-order valence-corrected chi connectivity index (χ2v) is 6.94. The molecule has 0 saturated carbocycles. The predicted molar refractivity (Wildman–Crippen MR) is 97.8 cm³/mol. The normalized spacial score (nSPS) is 10.4. The number of hydrogen-bond donors (Lipinski definition) is 2. The number of carbonyl (C=O) groups is 1. The Bertz CT molecular complexity index is 827. The number of rotatable bonds is 6. The monoisotopic (exact) mass is 360 g/mol. The molecule has 6 nitrogen and oxygen atoms in total. The molecule has 2 N–H and O–H groups in total. The van der Waals surface area contributed by atoms with Crippen LogP contribution in [-0.2, 0) is 0 Å². The van der Waals surface area contributed by atoms with Gasteiger partial charge in [0.05, 0.1) is 6.61 Å². The first-order valence-electron chi connectivity index (χ1n) is 7.33. The van der Waals surface area contributed by atoms with Crippen molar-refractivity contribution in [3.8, 4) is 5.75 Å². The van der Waals surface area contributed by atoms with Gasteiger partial charge in [0.15, 0.2) is 10.3 Å². The lowest BCUT2D eigenvalue weighted by atomic mass is 10.3. The Labute approximate surface area is 147 Å². The first kappa shape index (κ1) is 16.4. The van der Waals surface area contributed by atoms with E-state index in [-0.39, 0.29) is 5.91 Å². The van der Waals surface area contributed by atoms with Crippen LogP contribution >= 0.6 is 22.7 Å². The van der Waals surface area contributed by atoms with E-state index in [1.165, 1.54) is 22.7 Å². The number of carbonyl (C=O) groups excluding carboxylic acids is 1. The fourth-order valence-electron chi connectivity index (χ4n) is 1.93. The maximum Gasteiger partial charge on any atom is 0.276 e. The van der Waals surface area contributed by atoms with Crippen molar-refractivity contribution in [2.75, 3.05) is 17.2 Å². The maximum absolute atomic E-state index is 12.2. The Hall–Kier alpha value is -2.45. The zero-order valence-corrected chi connectivity index (χ0v) is 14.8. The Morgan fingerprint density at radius 1 is 1.25 bits per heavy atom. The van der Waals surface area contributed by atoms with E-state index in [1.54, 1.807) is 11.6 Å². The molecule has 3 aromatic rings. The molecule has 0 fully saturated rings. The molecule has 124 valence electrons. The summed E-state index contributed by atoms with van der Waals surface area (Å²) >= 11 is 2.80. The van der Waals surface area contributed by atoms with E-state index in [0.29, 0.717) is 22.6 Å². The summed E-state index contributed by atoms with van der Waals surface area (Å²) in [4.78, 5) is 21.6. The van der Waals surface area contributed by atoms with Crippen LogP contribution < -0.4 is 15.4 Å². The molecule has 0 aliphatic carbocycles. The lowest BCUT2D eigenvalue weighted by Crippen LogP contribution is -2.12. The molecule has 3 rings (SSSR count). The summed E-state index contributed by atoms with van der Waals surface area (Å²) < 4.78 is 5.41. The van der Waals surface area contributed by atoms with E-state index in [1.807, 2.05) is 38.1 Å². The van der Waals surface area contributed by atoms with Gasteiger partial charge in [-0.2, -0.15) is 0 Å². The molecule has 0 atom stereocenters. The van der Waals surface area contributed by atoms with Crippen LogP contribution in [0.2, 0.25) is 0 Å². The summed E-state index contributed by atoms with van der Waals surface area (Å²) in [6.45, 7) is 4.52. The van der Waals surface area contributed by atoms with Crippen LogP contribution in [0, 0.1) is 6.92 Å². The van der Waals surface area contributed by atoms with E-state index in [0.717, 1.165) is 16.3 Å². The van der Waals surface area contributed by atoms with Crippen molar-refractivity contribution in [3.63, 3.8) is 0 Å². The zero-order chi connectivity index (χ0) is 16.9. The van der Waals surface area contributed by atoms with Gasteiger partial charge in [-0.3, -0.25) is 10.1 Å². The number of nitrogens with zero attached hydrogens (tertiary/aromatic N) is 2. The molecular formula is C16H16N4O2S2. The van der Waals surface area contributed by atoms with Gasteiger partial charge < -0.3 is 10.1 Å². The van der Waals surface area contributed by atoms with Gasteiger partial charge in [-0.1, -0.05) is 0 Å². The first-order valence-corrected chi connectivity index (χ1v) is 9.03. The molecular weight excluding hydrogens is 344 g/mol. The van der Waals surface area contributed by atoms with Gasteiger partial charge in [0.25, 0.3) is 5.91 Å². The molecule has 0 bridgehead atoms. The standard InChI is InChI=1S/C16H16N4O2S2/c1-3-22-12-6-4-11(5-7-12)18-16-19-13(9-23-16)14(21)20-15-17-8-10(2)24-15/h4-9H,3H2,1-2H3,(H,18,19)(H,17,20,21). The SMILES string of the molecule is CCOc1ccc(Nc2nc(C(=O)Nc3ncc(C)s3)cs2)cc1. The molecule has 0 unspecified atom stereocenters. The van der Waals surface area contributed by atoms with E-state index in [2.05, 4.69) is 20.6 Å². The van der Waals surface area contributed by atoms with Crippen LogP contribution in [0.5, 0.6) is 5.75 Å². The minimum Gasteiger partial charge on any atom is -0.494 e. The van der Waals surface area contributed by atoms with Crippen molar-refractivity contribution < 1.29 is 9.53 Å². The van der Waals surface area contributed by atoms with Crippen molar-refractivity contribution in [2.45, 2.75) is 13.8 Å². The molecule has 1 amide bonds. The number of aryl methyl sites for hydroxylation is 1. The number of amides is 1. The third kappa shape index (κ3) is 4.09. The number of benzene rings is 1. The second-order valence-electron chi connectivity index (χ2n) is 4.85. The van der Waals surface area contributed by atoms with Crippen LogP contribution in [0.4, 0.5) is 16.0 Å². The predicted octanol–water partition coefficient (Wildman–Crippen LogP) is 4.30. The molecule has 0 aliphatic heterocycles. The number of nitrogens with one attached hydrogen (secondary N) is 2. The van der Waals surface area contributed by atoms with Crippen LogP contribution in [0.25, 0.3) is 0 Å². The van der Waals surface area contributed by atoms with Gasteiger partial charge in [0.2, 0.25) is 0 Å². The molecule has 0 radical (unpaired) electrons. The van der Waals surface area contributed by atoms with Crippen molar-refractivity contribution >= 4 is 44.5 Å². The topological polar surface area (TPSA) is 76.1 Å². The minimum atomic E-state index is -0.264. The smallest absolute Gasteiger partial charge is 0.276 e. The van der Waals surface area contributed by atoms with Crippen molar-refractivity contribution in [3.05, 3.63) is 46.4 Å². The van der Waals surface area contributed by atoms with Crippen LogP contribution in [0.3, 0.4) is 0 Å². The third-order valence-electron chi connectivity index (χ3n) is 3.00. The van der Waals surface area contributed by atoms with Crippen LogP contribution in [0.1, 0.15) is 22.3 Å². The van der Waals surface area contributed by atoms with Crippen molar-refractivity contribution in [1.82, 2.24) is 9.97 Å². The molecule has 24 heavy (non-hydrogen) atoms. The number of hydrogen-bond acceptors (Lipinski definition) is 7. The lowest BCUT2D eigenvalue weighted by Gasteiger charge is -2.05. The Morgan fingerprint density at radius 3 is 2.71 bits per heavy atom. The van der Waals surface area contributed by atoms with Gasteiger partial charge in [0, 0.05) is 22.1 Å². The summed E-state index contributed by atoms with van der Waals surface area (Å²) in [6.07, 6.45) is 1.72. The number of aromatic nitrogens is 2. The fraction of sp³-hybridized carbons (Fsp3) is 0.188. The molecule has 1 aromatic carbocycles. The van der Waals surface area contributed by atoms with Crippen LogP contribution in [0.15, 0.2) is 35.8 Å².